The van der Waals surface area contributed by atoms with Crippen molar-refractivity contribution in [3.63, 3.8) is 0 Å². The largest absolute Gasteiger partial charge is 0.300 e. The smallest absolute Gasteiger partial charge is 0.101 e. The number of nitriles is 1. The molecule has 0 aromatic carbocycles. The van der Waals surface area contributed by atoms with Gasteiger partial charge in [0, 0.05) is 0 Å². The van der Waals surface area contributed by atoms with E-state index in [1.54, 1.807) is 0 Å². The van der Waals surface area contributed by atoms with Crippen LogP contribution in [-0.2, 0) is 0 Å². The molecule has 0 aliphatic rings. The fourth-order valence-corrected chi connectivity index (χ4v) is 0.713. The Labute approximate surface area is 69.6 Å². The first-order chi connectivity index (χ1) is 4.98. The van der Waals surface area contributed by atoms with Gasteiger partial charge in [0.05, 0.1) is 6.07 Å². The van der Waals surface area contributed by atoms with Crippen molar-refractivity contribution in [3.8, 4) is 6.07 Å². The van der Waals surface area contributed by atoms with Crippen molar-refractivity contribution in [2.45, 2.75) is 39.7 Å². The Bertz CT molecular complexity index is 142. The summed E-state index contributed by atoms with van der Waals surface area (Å²) in [6.45, 7) is 9.08. The monoisotopic (exact) mass is 154 g/mol. The average molecular weight is 154 g/mol. The highest BCUT2D eigenvalue weighted by Crippen LogP contribution is 2.02. The summed E-state index contributed by atoms with van der Waals surface area (Å²) < 4.78 is 0. The van der Waals surface area contributed by atoms with E-state index in [9.17, 15) is 0 Å². The predicted octanol–water partition coefficient (Wildman–Crippen LogP) is 1.92. The molecule has 64 valence electrons. The quantitative estimate of drug-likeness (QED) is 0.671. The molecule has 0 atom stereocenters. The van der Waals surface area contributed by atoms with E-state index in [-0.39, 0.29) is 5.54 Å². The summed E-state index contributed by atoms with van der Waals surface area (Å²) >= 11 is 0. The third-order valence-corrected chi connectivity index (χ3v) is 1.57. The van der Waals surface area contributed by atoms with E-state index in [1.807, 2.05) is 13.8 Å². The van der Waals surface area contributed by atoms with Crippen molar-refractivity contribution in [2.24, 2.45) is 5.92 Å². The number of hydrogen-bond donors (Lipinski definition) is 1. The second kappa shape index (κ2) is 4.35. The first-order valence-corrected chi connectivity index (χ1v) is 4.14. The highest BCUT2D eigenvalue weighted by molar-refractivity contribution is 4.99. The summed E-state index contributed by atoms with van der Waals surface area (Å²) in [5, 5.41) is 11.8. The minimum absolute atomic E-state index is 0.366. The van der Waals surface area contributed by atoms with Gasteiger partial charge in [-0.15, -0.1) is 0 Å². The molecule has 0 radical (unpaired) electrons. The topological polar surface area (TPSA) is 35.8 Å². The summed E-state index contributed by atoms with van der Waals surface area (Å²) in [6, 6.07) is 2.20. The summed E-state index contributed by atoms with van der Waals surface area (Å²) in [5.74, 6) is 0.706. The van der Waals surface area contributed by atoms with Gasteiger partial charge < -0.3 is 0 Å². The zero-order chi connectivity index (χ0) is 8.91. The molecule has 0 rings (SSSR count). The second-order valence-corrected chi connectivity index (χ2v) is 3.85. The maximum absolute atomic E-state index is 8.65. The summed E-state index contributed by atoms with van der Waals surface area (Å²) in [6.07, 6.45) is 1.13. The van der Waals surface area contributed by atoms with Crippen molar-refractivity contribution in [1.29, 1.82) is 5.26 Å². The van der Waals surface area contributed by atoms with Crippen molar-refractivity contribution in [1.82, 2.24) is 5.32 Å². The van der Waals surface area contributed by atoms with Crippen LogP contribution in [0.1, 0.15) is 34.1 Å². The average Bonchev–Trinajstić information content (AvgIpc) is 1.87. The molecule has 1 N–H and O–H groups in total. The van der Waals surface area contributed by atoms with E-state index >= 15 is 0 Å². The zero-order valence-electron chi connectivity index (χ0n) is 7.94. The molecular weight excluding hydrogens is 136 g/mol. The molecule has 2 heteroatoms. The third-order valence-electron chi connectivity index (χ3n) is 1.57. The van der Waals surface area contributed by atoms with Crippen LogP contribution in [0, 0.1) is 17.2 Å². The minimum atomic E-state index is -0.366. The Balaban J connectivity index is 3.48. The summed E-state index contributed by atoms with van der Waals surface area (Å²) in [4.78, 5) is 0. The Hall–Kier alpha value is -0.550. The molecule has 0 heterocycles. The number of nitrogens with zero attached hydrogens (tertiary/aromatic N) is 1. The van der Waals surface area contributed by atoms with Crippen LogP contribution >= 0.6 is 0 Å². The fourth-order valence-electron chi connectivity index (χ4n) is 0.713. The molecule has 2 nitrogen and oxygen atoms in total. The van der Waals surface area contributed by atoms with Gasteiger partial charge in [0.2, 0.25) is 0 Å². The van der Waals surface area contributed by atoms with Crippen molar-refractivity contribution in [2.75, 3.05) is 6.54 Å². The molecule has 0 unspecified atom stereocenters. The van der Waals surface area contributed by atoms with Crippen molar-refractivity contribution >= 4 is 0 Å². The summed E-state index contributed by atoms with van der Waals surface area (Å²) in [5.41, 5.74) is -0.366. The number of nitrogens with one attached hydrogen (secondary N) is 1. The highest BCUT2D eigenvalue weighted by atomic mass is 14.9. The molecule has 0 aromatic rings. The van der Waals surface area contributed by atoms with Crippen LogP contribution in [0.3, 0.4) is 0 Å². The minimum Gasteiger partial charge on any atom is -0.300 e. The van der Waals surface area contributed by atoms with Crippen LogP contribution in [0.5, 0.6) is 0 Å². The van der Waals surface area contributed by atoms with Gasteiger partial charge in [-0.1, -0.05) is 13.8 Å². The van der Waals surface area contributed by atoms with E-state index in [1.165, 1.54) is 0 Å². The Kier molecular flexibility index (Phi) is 4.14. The molecule has 11 heavy (non-hydrogen) atoms. The predicted molar refractivity (Wildman–Crippen MR) is 47.1 cm³/mol. The van der Waals surface area contributed by atoms with E-state index in [4.69, 9.17) is 5.26 Å². The van der Waals surface area contributed by atoms with Crippen LogP contribution in [0.4, 0.5) is 0 Å². The van der Waals surface area contributed by atoms with Crippen LogP contribution in [-0.4, -0.2) is 12.1 Å². The van der Waals surface area contributed by atoms with Crippen LogP contribution in [0.15, 0.2) is 0 Å². The molecule has 0 fully saturated rings. The lowest BCUT2D eigenvalue weighted by molar-refractivity contribution is 0.447. The van der Waals surface area contributed by atoms with Gasteiger partial charge in [-0.05, 0) is 32.7 Å². The lowest BCUT2D eigenvalue weighted by Crippen LogP contribution is -2.38. The van der Waals surface area contributed by atoms with Gasteiger partial charge in [-0.3, -0.25) is 5.32 Å². The van der Waals surface area contributed by atoms with Crippen molar-refractivity contribution in [3.05, 3.63) is 0 Å². The number of hydrogen-bond acceptors (Lipinski definition) is 2. The van der Waals surface area contributed by atoms with E-state index < -0.39 is 0 Å². The molecule has 0 saturated heterocycles. The fraction of sp³-hybridized carbons (Fsp3) is 0.889. The maximum Gasteiger partial charge on any atom is 0.101 e. The first-order valence-electron chi connectivity index (χ1n) is 4.14. The van der Waals surface area contributed by atoms with Gasteiger partial charge >= 0.3 is 0 Å². The summed E-state index contributed by atoms with van der Waals surface area (Å²) in [7, 11) is 0. The maximum atomic E-state index is 8.65. The first kappa shape index (κ1) is 10.4. The Morgan fingerprint density at radius 3 is 2.36 bits per heavy atom. The lowest BCUT2D eigenvalue weighted by Gasteiger charge is -2.17. The van der Waals surface area contributed by atoms with E-state index in [2.05, 4.69) is 25.2 Å². The molecule has 0 aliphatic carbocycles. The van der Waals surface area contributed by atoms with Gasteiger partial charge in [-0.2, -0.15) is 5.26 Å². The standard InChI is InChI=1S/C9H18N2/c1-8(2)5-6-11-9(3,4)7-10/h8,11H,5-6H2,1-4H3. The van der Waals surface area contributed by atoms with E-state index in [0.717, 1.165) is 13.0 Å². The van der Waals surface area contributed by atoms with Gasteiger partial charge in [0.15, 0.2) is 0 Å². The molecule has 0 bridgehead atoms. The molecule has 0 saturated carbocycles. The second-order valence-electron chi connectivity index (χ2n) is 3.85. The molecule has 0 spiro atoms. The Morgan fingerprint density at radius 2 is 2.00 bits per heavy atom. The molecule has 0 aromatic heterocycles. The molecule has 0 aliphatic heterocycles. The Morgan fingerprint density at radius 1 is 1.45 bits per heavy atom. The van der Waals surface area contributed by atoms with Crippen molar-refractivity contribution < 1.29 is 0 Å². The number of rotatable bonds is 4. The SMILES string of the molecule is CC(C)CCNC(C)(C)C#N. The zero-order valence-corrected chi connectivity index (χ0v) is 7.94. The van der Waals surface area contributed by atoms with Crippen LogP contribution < -0.4 is 5.32 Å². The van der Waals surface area contributed by atoms with E-state index in [0.29, 0.717) is 5.92 Å². The normalized spacial score (nSPS) is 11.6. The van der Waals surface area contributed by atoms with Gasteiger partial charge in [0.1, 0.15) is 5.54 Å². The van der Waals surface area contributed by atoms with Crippen LogP contribution in [0.25, 0.3) is 0 Å². The van der Waals surface area contributed by atoms with Gasteiger partial charge in [0.25, 0.3) is 0 Å². The van der Waals surface area contributed by atoms with Gasteiger partial charge in [-0.25, -0.2) is 0 Å². The van der Waals surface area contributed by atoms with Crippen LogP contribution in [0.2, 0.25) is 0 Å². The highest BCUT2D eigenvalue weighted by Gasteiger charge is 2.14. The lowest BCUT2D eigenvalue weighted by atomic mass is 10.1. The third kappa shape index (κ3) is 5.87. The molecule has 0 amide bonds. The molecular formula is C9H18N2.